The summed E-state index contributed by atoms with van der Waals surface area (Å²) >= 11 is 0. The molecular weight excluding hydrogens is 184 g/mol. The Bertz CT molecular complexity index is 241. The molecule has 0 spiro atoms. The third-order valence-electron chi connectivity index (χ3n) is 1.44. The molecule has 0 aromatic carbocycles. The van der Waals surface area contributed by atoms with Gasteiger partial charge in [0.15, 0.2) is 0 Å². The first-order valence-corrected chi connectivity index (χ1v) is 4.38. The summed E-state index contributed by atoms with van der Waals surface area (Å²) in [5.74, 6) is -1.65. The molecule has 0 aromatic rings. The summed E-state index contributed by atoms with van der Waals surface area (Å²) < 4.78 is 0. The third kappa shape index (κ3) is 10.4. The Balaban J connectivity index is 3.40. The Kier molecular flexibility index (Phi) is 7.13. The molecule has 0 bridgehead atoms. The zero-order valence-corrected chi connectivity index (χ0v) is 7.85. The average molecular weight is 198 g/mol. The summed E-state index contributed by atoms with van der Waals surface area (Å²) in [6, 6.07) is 0. The summed E-state index contributed by atoms with van der Waals surface area (Å²) in [5.41, 5.74) is 0. The first-order valence-electron chi connectivity index (χ1n) is 4.38. The fraction of sp³-hybridized carbons (Fsp3) is 0.400. The molecule has 0 amide bonds. The fourth-order valence-corrected chi connectivity index (χ4v) is 0.793. The van der Waals surface area contributed by atoms with Crippen LogP contribution in [-0.4, -0.2) is 22.2 Å². The summed E-state index contributed by atoms with van der Waals surface area (Å²) in [6.45, 7) is 0. The van der Waals surface area contributed by atoms with E-state index in [2.05, 4.69) is 0 Å². The van der Waals surface area contributed by atoms with Gasteiger partial charge in [-0.1, -0.05) is 24.3 Å². The molecular formula is C10H14O4. The van der Waals surface area contributed by atoms with Crippen LogP contribution >= 0.6 is 0 Å². The van der Waals surface area contributed by atoms with Gasteiger partial charge < -0.3 is 10.2 Å². The van der Waals surface area contributed by atoms with Crippen LogP contribution in [-0.2, 0) is 9.59 Å². The van der Waals surface area contributed by atoms with Crippen molar-refractivity contribution in [3.63, 3.8) is 0 Å². The smallest absolute Gasteiger partial charge is 0.307 e. The zero-order chi connectivity index (χ0) is 10.8. The maximum Gasteiger partial charge on any atom is 0.307 e. The van der Waals surface area contributed by atoms with Crippen molar-refractivity contribution in [3.8, 4) is 0 Å². The lowest BCUT2D eigenvalue weighted by atomic mass is 10.2. The second-order valence-corrected chi connectivity index (χ2v) is 2.74. The number of aliphatic carboxylic acids is 2. The highest BCUT2D eigenvalue weighted by Crippen LogP contribution is 1.96. The Labute approximate surface area is 82.6 Å². The maximum absolute atomic E-state index is 10.1. The second kappa shape index (κ2) is 8.04. The Morgan fingerprint density at radius 2 is 1.64 bits per heavy atom. The molecule has 0 aliphatic rings. The van der Waals surface area contributed by atoms with Crippen molar-refractivity contribution in [1.29, 1.82) is 0 Å². The van der Waals surface area contributed by atoms with E-state index in [4.69, 9.17) is 10.2 Å². The van der Waals surface area contributed by atoms with E-state index >= 15 is 0 Å². The quantitative estimate of drug-likeness (QED) is 0.483. The van der Waals surface area contributed by atoms with Gasteiger partial charge in [-0.15, -0.1) is 0 Å². The van der Waals surface area contributed by atoms with Crippen LogP contribution in [0.5, 0.6) is 0 Å². The van der Waals surface area contributed by atoms with E-state index in [0.717, 1.165) is 0 Å². The SMILES string of the molecule is O=C(O)CC=CC=CCCCC(=O)O. The monoisotopic (exact) mass is 198 g/mol. The molecule has 0 saturated heterocycles. The number of hydrogen-bond acceptors (Lipinski definition) is 2. The van der Waals surface area contributed by atoms with Gasteiger partial charge >= 0.3 is 11.9 Å². The second-order valence-electron chi connectivity index (χ2n) is 2.74. The lowest BCUT2D eigenvalue weighted by Gasteiger charge is -1.88. The molecule has 4 nitrogen and oxygen atoms in total. The molecule has 0 atom stereocenters. The number of hydrogen-bond donors (Lipinski definition) is 2. The van der Waals surface area contributed by atoms with Gasteiger partial charge in [0.05, 0.1) is 6.42 Å². The molecule has 0 heterocycles. The molecule has 78 valence electrons. The van der Waals surface area contributed by atoms with Gasteiger partial charge in [-0.05, 0) is 12.8 Å². The largest absolute Gasteiger partial charge is 0.481 e. The molecule has 0 rings (SSSR count). The van der Waals surface area contributed by atoms with Crippen molar-refractivity contribution < 1.29 is 19.8 Å². The lowest BCUT2D eigenvalue weighted by Crippen LogP contribution is -1.92. The average Bonchev–Trinajstić information content (AvgIpc) is 2.08. The third-order valence-corrected chi connectivity index (χ3v) is 1.44. The summed E-state index contributed by atoms with van der Waals surface area (Å²) in [6.07, 6.45) is 8.22. The molecule has 0 radical (unpaired) electrons. The topological polar surface area (TPSA) is 74.6 Å². The number of unbranched alkanes of at least 4 members (excludes halogenated alkanes) is 1. The van der Waals surface area contributed by atoms with Gasteiger partial charge in [-0.2, -0.15) is 0 Å². The summed E-state index contributed by atoms with van der Waals surface area (Å²) in [4.78, 5) is 20.2. The standard InChI is InChI=1S/C10H14O4/c11-9(12)7-5-3-1-2-4-6-8-10(13)14/h1-3,5H,4,6-8H2,(H,11,12)(H,13,14). The molecule has 0 unspecified atom stereocenters. The first kappa shape index (κ1) is 12.4. The van der Waals surface area contributed by atoms with Crippen LogP contribution in [0.25, 0.3) is 0 Å². The van der Waals surface area contributed by atoms with Crippen molar-refractivity contribution in [2.45, 2.75) is 25.7 Å². The Morgan fingerprint density at radius 3 is 2.21 bits per heavy atom. The van der Waals surface area contributed by atoms with Gasteiger partial charge in [-0.3, -0.25) is 9.59 Å². The molecule has 0 fully saturated rings. The number of carboxylic acids is 2. The normalized spacial score (nSPS) is 11.1. The Hall–Kier alpha value is -1.58. The maximum atomic E-state index is 10.1. The highest BCUT2D eigenvalue weighted by molar-refractivity contribution is 5.68. The Morgan fingerprint density at radius 1 is 1.00 bits per heavy atom. The molecule has 0 aliphatic carbocycles. The molecule has 14 heavy (non-hydrogen) atoms. The van der Waals surface area contributed by atoms with Crippen molar-refractivity contribution in [2.24, 2.45) is 0 Å². The van der Waals surface area contributed by atoms with Gasteiger partial charge in [-0.25, -0.2) is 0 Å². The van der Waals surface area contributed by atoms with Gasteiger partial charge in [0.25, 0.3) is 0 Å². The summed E-state index contributed by atoms with van der Waals surface area (Å²) in [5, 5.41) is 16.6. The lowest BCUT2D eigenvalue weighted by molar-refractivity contribution is -0.137. The number of carbonyl (C=O) groups is 2. The van der Waals surface area contributed by atoms with Crippen LogP contribution < -0.4 is 0 Å². The highest BCUT2D eigenvalue weighted by Gasteiger charge is 1.92. The van der Waals surface area contributed by atoms with Crippen LogP contribution in [0, 0.1) is 0 Å². The van der Waals surface area contributed by atoms with Gasteiger partial charge in [0.1, 0.15) is 0 Å². The fourth-order valence-electron chi connectivity index (χ4n) is 0.793. The summed E-state index contributed by atoms with van der Waals surface area (Å²) in [7, 11) is 0. The zero-order valence-electron chi connectivity index (χ0n) is 7.85. The van der Waals surface area contributed by atoms with Crippen molar-refractivity contribution >= 4 is 11.9 Å². The van der Waals surface area contributed by atoms with E-state index in [1.807, 2.05) is 6.08 Å². The molecule has 4 heteroatoms. The van der Waals surface area contributed by atoms with Crippen LogP contribution in [0.2, 0.25) is 0 Å². The first-order chi connectivity index (χ1) is 6.63. The van der Waals surface area contributed by atoms with Crippen molar-refractivity contribution in [3.05, 3.63) is 24.3 Å². The molecule has 0 aromatic heterocycles. The van der Waals surface area contributed by atoms with E-state index in [1.54, 1.807) is 12.2 Å². The number of allylic oxidation sites excluding steroid dienone is 3. The van der Waals surface area contributed by atoms with Gasteiger partial charge in [0, 0.05) is 6.42 Å². The highest BCUT2D eigenvalue weighted by atomic mass is 16.4. The minimum atomic E-state index is -0.861. The number of rotatable bonds is 7. The predicted molar refractivity (Wildman–Crippen MR) is 52.0 cm³/mol. The number of carboxylic acid groups (broad SMARTS) is 2. The van der Waals surface area contributed by atoms with Gasteiger partial charge in [0.2, 0.25) is 0 Å². The minimum absolute atomic E-state index is 0.0134. The van der Waals surface area contributed by atoms with E-state index < -0.39 is 11.9 Å². The van der Waals surface area contributed by atoms with E-state index in [-0.39, 0.29) is 12.8 Å². The van der Waals surface area contributed by atoms with Crippen molar-refractivity contribution in [2.75, 3.05) is 0 Å². The van der Waals surface area contributed by atoms with Crippen LogP contribution in [0.4, 0.5) is 0 Å². The molecule has 0 aliphatic heterocycles. The molecule has 2 N–H and O–H groups in total. The van der Waals surface area contributed by atoms with Crippen LogP contribution in [0.3, 0.4) is 0 Å². The van der Waals surface area contributed by atoms with E-state index in [0.29, 0.717) is 12.8 Å². The minimum Gasteiger partial charge on any atom is -0.481 e. The van der Waals surface area contributed by atoms with Crippen LogP contribution in [0.1, 0.15) is 25.7 Å². The van der Waals surface area contributed by atoms with E-state index in [9.17, 15) is 9.59 Å². The van der Waals surface area contributed by atoms with Crippen molar-refractivity contribution in [1.82, 2.24) is 0 Å². The van der Waals surface area contributed by atoms with Crippen LogP contribution in [0.15, 0.2) is 24.3 Å². The van der Waals surface area contributed by atoms with E-state index in [1.165, 1.54) is 6.08 Å². The predicted octanol–water partition coefficient (Wildman–Crippen LogP) is 1.83. The molecule has 0 saturated carbocycles.